The van der Waals surface area contributed by atoms with Crippen molar-refractivity contribution in [3.05, 3.63) is 46.5 Å². The maximum absolute atomic E-state index is 12.4. The SMILES string of the molecule is CC(C(=O)O)=C(C)C(=O)N(C)C1CCc2ccccc21. The Balaban J connectivity index is 2.26. The lowest BCUT2D eigenvalue weighted by Crippen LogP contribution is -2.31. The molecule has 0 spiro atoms. The van der Waals surface area contributed by atoms with Gasteiger partial charge < -0.3 is 10.0 Å². The summed E-state index contributed by atoms with van der Waals surface area (Å²) in [6.07, 6.45) is 1.85. The van der Waals surface area contributed by atoms with E-state index in [4.69, 9.17) is 5.11 Å². The second kappa shape index (κ2) is 5.49. The predicted molar refractivity (Wildman–Crippen MR) is 76.3 cm³/mol. The lowest BCUT2D eigenvalue weighted by molar-refractivity contribution is -0.134. The topological polar surface area (TPSA) is 57.6 Å². The predicted octanol–water partition coefficient (Wildman–Crippen LogP) is 2.55. The summed E-state index contributed by atoms with van der Waals surface area (Å²) in [5.41, 5.74) is 2.84. The maximum Gasteiger partial charge on any atom is 0.331 e. The van der Waals surface area contributed by atoms with Gasteiger partial charge in [0.2, 0.25) is 5.91 Å². The summed E-state index contributed by atoms with van der Waals surface area (Å²) in [6.45, 7) is 3.04. The first-order valence-electron chi connectivity index (χ1n) is 6.69. The van der Waals surface area contributed by atoms with Crippen molar-refractivity contribution >= 4 is 11.9 Å². The first-order valence-corrected chi connectivity index (χ1v) is 6.69. The average Bonchev–Trinajstić information content (AvgIpc) is 2.87. The third kappa shape index (κ3) is 2.46. The van der Waals surface area contributed by atoms with Gasteiger partial charge in [0.05, 0.1) is 6.04 Å². The molecule has 1 unspecified atom stereocenters. The fourth-order valence-corrected chi connectivity index (χ4v) is 2.66. The van der Waals surface area contributed by atoms with Gasteiger partial charge in [0.1, 0.15) is 0 Å². The largest absolute Gasteiger partial charge is 0.478 e. The number of carbonyl (C=O) groups is 2. The van der Waals surface area contributed by atoms with Crippen LogP contribution in [-0.4, -0.2) is 28.9 Å². The zero-order valence-electron chi connectivity index (χ0n) is 12.0. The molecule has 0 fully saturated rings. The smallest absolute Gasteiger partial charge is 0.331 e. The molecular formula is C16H19NO3. The van der Waals surface area contributed by atoms with Gasteiger partial charge in [-0.15, -0.1) is 0 Å². The Morgan fingerprint density at radius 3 is 2.50 bits per heavy atom. The van der Waals surface area contributed by atoms with Crippen LogP contribution in [-0.2, 0) is 16.0 Å². The number of carbonyl (C=O) groups excluding carboxylic acids is 1. The number of aliphatic carboxylic acids is 1. The van der Waals surface area contributed by atoms with Crippen LogP contribution in [0.1, 0.15) is 37.4 Å². The van der Waals surface area contributed by atoms with Crippen molar-refractivity contribution in [2.24, 2.45) is 0 Å². The molecule has 0 aliphatic heterocycles. The number of carboxylic acid groups (broad SMARTS) is 1. The molecule has 2 rings (SSSR count). The van der Waals surface area contributed by atoms with E-state index in [0.29, 0.717) is 5.57 Å². The summed E-state index contributed by atoms with van der Waals surface area (Å²) in [5.74, 6) is -1.26. The Labute approximate surface area is 118 Å². The average molecular weight is 273 g/mol. The van der Waals surface area contributed by atoms with Crippen molar-refractivity contribution in [3.63, 3.8) is 0 Å². The van der Waals surface area contributed by atoms with Crippen molar-refractivity contribution in [3.8, 4) is 0 Å². The number of fused-ring (bicyclic) bond motifs is 1. The van der Waals surface area contributed by atoms with E-state index in [9.17, 15) is 9.59 Å². The number of aryl methyl sites for hydroxylation is 1. The van der Waals surface area contributed by atoms with Gasteiger partial charge in [-0.1, -0.05) is 24.3 Å². The minimum atomic E-state index is -1.05. The second-order valence-electron chi connectivity index (χ2n) is 5.22. The Morgan fingerprint density at radius 1 is 1.20 bits per heavy atom. The number of nitrogens with zero attached hydrogens (tertiary/aromatic N) is 1. The number of hydrogen-bond acceptors (Lipinski definition) is 2. The van der Waals surface area contributed by atoms with Gasteiger partial charge in [-0.3, -0.25) is 4.79 Å². The molecule has 0 bridgehead atoms. The Bertz CT molecular complexity index is 589. The molecule has 106 valence electrons. The lowest BCUT2D eigenvalue weighted by Gasteiger charge is -2.26. The molecule has 0 heterocycles. The normalized spacial score (nSPS) is 18.2. The van der Waals surface area contributed by atoms with E-state index >= 15 is 0 Å². The van der Waals surface area contributed by atoms with Crippen LogP contribution >= 0.6 is 0 Å². The van der Waals surface area contributed by atoms with Crippen molar-refractivity contribution in [1.29, 1.82) is 0 Å². The molecule has 1 aromatic carbocycles. The van der Waals surface area contributed by atoms with Gasteiger partial charge >= 0.3 is 5.97 Å². The van der Waals surface area contributed by atoms with Crippen LogP contribution in [0.3, 0.4) is 0 Å². The van der Waals surface area contributed by atoms with Gasteiger partial charge in [0.25, 0.3) is 0 Å². The molecule has 1 aromatic rings. The Kier molecular flexibility index (Phi) is 3.93. The fourth-order valence-electron chi connectivity index (χ4n) is 2.66. The number of carboxylic acids is 1. The molecule has 0 aromatic heterocycles. The second-order valence-corrected chi connectivity index (χ2v) is 5.22. The first-order chi connectivity index (χ1) is 9.43. The summed E-state index contributed by atoms with van der Waals surface area (Å²) in [7, 11) is 1.74. The van der Waals surface area contributed by atoms with Crippen molar-refractivity contribution < 1.29 is 14.7 Å². The summed E-state index contributed by atoms with van der Waals surface area (Å²) < 4.78 is 0. The van der Waals surface area contributed by atoms with Crippen LogP contribution in [0.25, 0.3) is 0 Å². The van der Waals surface area contributed by atoms with Gasteiger partial charge in [-0.2, -0.15) is 0 Å². The maximum atomic E-state index is 12.4. The molecule has 4 heteroatoms. The van der Waals surface area contributed by atoms with Gasteiger partial charge in [0.15, 0.2) is 0 Å². The Hall–Kier alpha value is -2.10. The van der Waals surface area contributed by atoms with Crippen LogP contribution in [0.4, 0.5) is 0 Å². The van der Waals surface area contributed by atoms with E-state index in [1.165, 1.54) is 18.1 Å². The minimum Gasteiger partial charge on any atom is -0.478 e. The molecule has 1 N–H and O–H groups in total. The van der Waals surface area contributed by atoms with Crippen molar-refractivity contribution in [2.75, 3.05) is 7.05 Å². The van der Waals surface area contributed by atoms with E-state index in [0.717, 1.165) is 12.8 Å². The van der Waals surface area contributed by atoms with Crippen molar-refractivity contribution in [2.45, 2.75) is 32.7 Å². The highest BCUT2D eigenvalue weighted by Crippen LogP contribution is 2.35. The fraction of sp³-hybridized carbons (Fsp3) is 0.375. The van der Waals surface area contributed by atoms with Gasteiger partial charge in [-0.25, -0.2) is 4.79 Å². The van der Waals surface area contributed by atoms with Crippen LogP contribution < -0.4 is 0 Å². The number of hydrogen-bond donors (Lipinski definition) is 1. The van der Waals surface area contributed by atoms with E-state index in [-0.39, 0.29) is 17.5 Å². The van der Waals surface area contributed by atoms with E-state index < -0.39 is 5.97 Å². The molecule has 0 saturated carbocycles. The highest BCUT2D eigenvalue weighted by molar-refractivity contribution is 6.01. The van der Waals surface area contributed by atoms with Crippen LogP contribution in [0.2, 0.25) is 0 Å². The third-order valence-corrected chi connectivity index (χ3v) is 4.09. The quantitative estimate of drug-likeness (QED) is 0.861. The molecule has 1 aliphatic rings. The zero-order valence-corrected chi connectivity index (χ0v) is 12.0. The standard InChI is InChI=1S/C16H19NO3/c1-10(11(2)16(19)20)15(18)17(3)14-9-8-12-6-4-5-7-13(12)14/h4-7,14H,8-9H2,1-3H3,(H,19,20). The number of rotatable bonds is 3. The zero-order chi connectivity index (χ0) is 14.9. The molecule has 0 radical (unpaired) electrons. The monoisotopic (exact) mass is 273 g/mol. The summed E-state index contributed by atoms with van der Waals surface area (Å²) >= 11 is 0. The van der Waals surface area contributed by atoms with Crippen LogP contribution in [0.5, 0.6) is 0 Å². The molecule has 0 saturated heterocycles. The Morgan fingerprint density at radius 2 is 1.85 bits per heavy atom. The lowest BCUT2D eigenvalue weighted by atomic mass is 10.1. The molecule has 20 heavy (non-hydrogen) atoms. The molecule has 4 nitrogen and oxygen atoms in total. The van der Waals surface area contributed by atoms with Crippen molar-refractivity contribution in [1.82, 2.24) is 4.90 Å². The van der Waals surface area contributed by atoms with E-state index in [1.807, 2.05) is 18.2 Å². The summed E-state index contributed by atoms with van der Waals surface area (Å²) in [5, 5.41) is 8.98. The first kappa shape index (κ1) is 14.3. The summed E-state index contributed by atoms with van der Waals surface area (Å²) in [4.78, 5) is 25.0. The highest BCUT2D eigenvalue weighted by Gasteiger charge is 2.29. The highest BCUT2D eigenvalue weighted by atomic mass is 16.4. The number of benzene rings is 1. The summed E-state index contributed by atoms with van der Waals surface area (Å²) in [6, 6.07) is 8.14. The van der Waals surface area contributed by atoms with Crippen LogP contribution in [0.15, 0.2) is 35.4 Å². The number of amides is 1. The number of likely N-dealkylation sites (N-methyl/N-ethyl adjacent to an activating group) is 1. The minimum absolute atomic E-state index is 0.0373. The third-order valence-electron chi connectivity index (χ3n) is 4.09. The van der Waals surface area contributed by atoms with Crippen LogP contribution in [0, 0.1) is 0 Å². The van der Waals surface area contributed by atoms with E-state index in [2.05, 4.69) is 6.07 Å². The molecule has 1 amide bonds. The molecule has 1 atom stereocenters. The molecule has 1 aliphatic carbocycles. The molecular weight excluding hydrogens is 254 g/mol. The van der Waals surface area contributed by atoms with Gasteiger partial charge in [-0.05, 0) is 37.8 Å². The van der Waals surface area contributed by atoms with E-state index in [1.54, 1.807) is 18.9 Å². The van der Waals surface area contributed by atoms with Gasteiger partial charge in [0, 0.05) is 18.2 Å².